The van der Waals surface area contributed by atoms with Crippen LogP contribution in [-0.2, 0) is 0 Å². The lowest BCUT2D eigenvalue weighted by molar-refractivity contribution is 0.987. The molecule has 0 radical (unpaired) electrons. The van der Waals surface area contributed by atoms with Gasteiger partial charge in [-0.05, 0) is 41.5 Å². The summed E-state index contributed by atoms with van der Waals surface area (Å²) in [5.74, 6) is 0. The van der Waals surface area contributed by atoms with Crippen LogP contribution in [0.4, 0.5) is 0 Å². The van der Waals surface area contributed by atoms with E-state index in [9.17, 15) is 10.1 Å². The summed E-state index contributed by atoms with van der Waals surface area (Å²) < 4.78 is 1.53. The summed E-state index contributed by atoms with van der Waals surface area (Å²) in [6.45, 7) is 0. The molecule has 0 unspecified atom stereocenters. The maximum Gasteiger partial charge on any atom is 0.264 e. The molecule has 0 amide bonds. The summed E-state index contributed by atoms with van der Waals surface area (Å²) in [6.07, 6.45) is 3.44. The monoisotopic (exact) mass is 349 g/mol. The van der Waals surface area contributed by atoms with Crippen molar-refractivity contribution in [2.45, 2.75) is 0 Å². The van der Waals surface area contributed by atoms with Crippen LogP contribution in [-0.4, -0.2) is 9.55 Å². The molecule has 2 aromatic carbocycles. The third-order valence-corrected chi connectivity index (χ3v) is 4.35. The maximum atomic E-state index is 13.2. The van der Waals surface area contributed by atoms with Gasteiger partial charge >= 0.3 is 0 Å². The molecule has 4 nitrogen and oxygen atoms in total. The molecule has 4 heteroatoms. The summed E-state index contributed by atoms with van der Waals surface area (Å²) in [7, 11) is 0. The third-order valence-electron chi connectivity index (χ3n) is 4.35. The number of nitriles is 1. The van der Waals surface area contributed by atoms with Gasteiger partial charge in [0, 0.05) is 12.4 Å². The Morgan fingerprint density at radius 1 is 0.852 bits per heavy atom. The lowest BCUT2D eigenvalue weighted by Gasteiger charge is -2.13. The fourth-order valence-electron chi connectivity index (χ4n) is 3.03. The van der Waals surface area contributed by atoms with Gasteiger partial charge < -0.3 is 0 Å². The van der Waals surface area contributed by atoms with Gasteiger partial charge in [-0.2, -0.15) is 5.26 Å². The molecular weight excluding hydrogens is 334 g/mol. The first-order chi connectivity index (χ1) is 13.3. The van der Waals surface area contributed by atoms with Gasteiger partial charge in [0.25, 0.3) is 5.56 Å². The predicted octanol–water partition coefficient (Wildman–Crippen LogP) is 4.44. The summed E-state index contributed by atoms with van der Waals surface area (Å²) in [5.41, 5.74) is 3.74. The molecule has 0 aliphatic carbocycles. The van der Waals surface area contributed by atoms with Crippen LogP contribution in [0.2, 0.25) is 0 Å². The maximum absolute atomic E-state index is 13.2. The first-order valence-corrected chi connectivity index (χ1v) is 8.51. The molecular formula is C23H15N3O. The highest BCUT2D eigenvalue weighted by Gasteiger charge is 2.14. The van der Waals surface area contributed by atoms with Crippen molar-refractivity contribution in [2.75, 3.05) is 0 Å². The predicted molar refractivity (Wildman–Crippen MR) is 105 cm³/mol. The Labute approximate surface area is 156 Å². The second-order valence-electron chi connectivity index (χ2n) is 6.03. The van der Waals surface area contributed by atoms with Crippen molar-refractivity contribution in [1.82, 2.24) is 9.55 Å². The topological polar surface area (TPSA) is 58.7 Å². The highest BCUT2D eigenvalue weighted by atomic mass is 16.1. The number of aromatic nitrogens is 2. The summed E-state index contributed by atoms with van der Waals surface area (Å²) in [5, 5.41) is 9.47. The standard InChI is InChI=1S/C23H15N3O/c24-15-18-10-4-5-12-22(18)26-16-19(17-8-2-1-3-9-17)14-20(23(26)27)21-11-6-7-13-25-21/h1-14,16H. The summed E-state index contributed by atoms with van der Waals surface area (Å²) in [6, 6.07) is 26.4. The van der Waals surface area contributed by atoms with Gasteiger partial charge in [0.15, 0.2) is 0 Å². The molecule has 0 saturated carbocycles. The minimum absolute atomic E-state index is 0.212. The lowest BCUT2D eigenvalue weighted by atomic mass is 10.0. The number of pyridine rings is 2. The van der Waals surface area contributed by atoms with Crippen molar-refractivity contribution < 1.29 is 0 Å². The van der Waals surface area contributed by atoms with E-state index >= 15 is 0 Å². The first-order valence-electron chi connectivity index (χ1n) is 8.51. The average molecular weight is 349 g/mol. The van der Waals surface area contributed by atoms with Crippen LogP contribution in [0.25, 0.3) is 28.1 Å². The van der Waals surface area contributed by atoms with Crippen LogP contribution in [0, 0.1) is 11.3 Å². The highest BCUT2D eigenvalue weighted by molar-refractivity contribution is 5.71. The molecule has 4 aromatic rings. The van der Waals surface area contributed by atoms with E-state index < -0.39 is 0 Å². The lowest BCUT2D eigenvalue weighted by Crippen LogP contribution is -2.21. The third kappa shape index (κ3) is 3.14. The van der Waals surface area contributed by atoms with Crippen molar-refractivity contribution in [1.29, 1.82) is 5.26 Å². The quantitative estimate of drug-likeness (QED) is 0.549. The number of hydrogen-bond donors (Lipinski definition) is 0. The number of benzene rings is 2. The molecule has 2 heterocycles. The van der Waals surface area contributed by atoms with E-state index in [1.54, 1.807) is 30.6 Å². The van der Waals surface area contributed by atoms with E-state index in [0.29, 0.717) is 22.5 Å². The Hall–Kier alpha value is -3.97. The average Bonchev–Trinajstić information content (AvgIpc) is 2.75. The van der Waals surface area contributed by atoms with E-state index in [0.717, 1.165) is 11.1 Å². The zero-order valence-corrected chi connectivity index (χ0v) is 14.4. The number of hydrogen-bond acceptors (Lipinski definition) is 3. The van der Waals surface area contributed by atoms with Gasteiger partial charge in [-0.1, -0.05) is 48.5 Å². The molecule has 2 aromatic heterocycles. The molecule has 128 valence electrons. The van der Waals surface area contributed by atoms with Gasteiger partial charge in [-0.25, -0.2) is 0 Å². The normalized spacial score (nSPS) is 10.3. The molecule has 4 rings (SSSR count). The molecule has 0 bridgehead atoms. The zero-order chi connectivity index (χ0) is 18.6. The van der Waals surface area contributed by atoms with E-state index in [1.165, 1.54) is 4.57 Å². The van der Waals surface area contributed by atoms with Gasteiger partial charge in [0.05, 0.1) is 22.5 Å². The fourth-order valence-corrected chi connectivity index (χ4v) is 3.03. The van der Waals surface area contributed by atoms with Crippen LogP contribution in [0.3, 0.4) is 0 Å². The molecule has 0 atom stereocenters. The Bertz CT molecular complexity index is 1190. The molecule has 0 aliphatic heterocycles. The number of para-hydroxylation sites is 1. The Morgan fingerprint density at radius 3 is 2.33 bits per heavy atom. The minimum Gasteiger partial charge on any atom is -0.282 e. The SMILES string of the molecule is N#Cc1ccccc1-n1cc(-c2ccccc2)cc(-c2ccccn2)c1=O. The molecule has 0 saturated heterocycles. The van der Waals surface area contributed by atoms with Crippen molar-refractivity contribution >= 4 is 0 Å². The molecule has 0 spiro atoms. The van der Waals surface area contributed by atoms with Crippen molar-refractivity contribution in [3.63, 3.8) is 0 Å². The van der Waals surface area contributed by atoms with E-state index in [1.807, 2.05) is 60.7 Å². The van der Waals surface area contributed by atoms with Crippen molar-refractivity contribution in [3.05, 3.63) is 107 Å². The van der Waals surface area contributed by atoms with Gasteiger partial charge in [-0.3, -0.25) is 14.3 Å². The Kier molecular flexibility index (Phi) is 4.34. The van der Waals surface area contributed by atoms with Gasteiger partial charge in [0.1, 0.15) is 6.07 Å². The summed E-state index contributed by atoms with van der Waals surface area (Å²) in [4.78, 5) is 17.6. The summed E-state index contributed by atoms with van der Waals surface area (Å²) >= 11 is 0. The smallest absolute Gasteiger partial charge is 0.264 e. The Balaban J connectivity index is 2.04. The van der Waals surface area contributed by atoms with Crippen LogP contribution in [0.5, 0.6) is 0 Å². The van der Waals surface area contributed by atoms with Gasteiger partial charge in [0.2, 0.25) is 0 Å². The second kappa shape index (κ2) is 7.11. The van der Waals surface area contributed by atoms with Crippen molar-refractivity contribution in [3.8, 4) is 34.1 Å². The number of rotatable bonds is 3. The number of nitrogens with zero attached hydrogens (tertiary/aromatic N) is 3. The zero-order valence-electron chi connectivity index (χ0n) is 14.4. The van der Waals surface area contributed by atoms with E-state index in [4.69, 9.17) is 0 Å². The Morgan fingerprint density at radius 2 is 1.59 bits per heavy atom. The molecule has 0 aliphatic rings. The van der Waals surface area contributed by atoms with Crippen LogP contribution in [0.1, 0.15) is 5.56 Å². The van der Waals surface area contributed by atoms with E-state index in [2.05, 4.69) is 11.1 Å². The second-order valence-corrected chi connectivity index (χ2v) is 6.03. The van der Waals surface area contributed by atoms with Crippen LogP contribution < -0.4 is 5.56 Å². The van der Waals surface area contributed by atoms with Crippen molar-refractivity contribution in [2.24, 2.45) is 0 Å². The fraction of sp³-hybridized carbons (Fsp3) is 0. The van der Waals surface area contributed by atoms with Crippen LogP contribution >= 0.6 is 0 Å². The first kappa shape index (κ1) is 16.5. The van der Waals surface area contributed by atoms with Gasteiger partial charge in [-0.15, -0.1) is 0 Å². The molecule has 0 fully saturated rings. The largest absolute Gasteiger partial charge is 0.282 e. The highest BCUT2D eigenvalue weighted by Crippen LogP contribution is 2.24. The minimum atomic E-state index is -0.212. The molecule has 0 N–H and O–H groups in total. The van der Waals surface area contributed by atoms with Crippen LogP contribution in [0.15, 0.2) is 96.1 Å². The molecule has 27 heavy (non-hydrogen) atoms. The van der Waals surface area contributed by atoms with E-state index in [-0.39, 0.29) is 5.56 Å².